The van der Waals surface area contributed by atoms with Gasteiger partial charge in [-0.3, -0.25) is 9.59 Å². The summed E-state index contributed by atoms with van der Waals surface area (Å²) in [7, 11) is 1.59. The van der Waals surface area contributed by atoms with Crippen LogP contribution in [0.15, 0.2) is 62.6 Å². The summed E-state index contributed by atoms with van der Waals surface area (Å²) in [5.74, 6) is -0.141. The van der Waals surface area contributed by atoms with E-state index in [4.69, 9.17) is 9.15 Å². The third-order valence-corrected chi connectivity index (χ3v) is 5.58. The molecule has 1 aliphatic heterocycles. The Bertz CT molecular complexity index is 1060. The Balaban J connectivity index is 1.93. The lowest BCUT2D eigenvalue weighted by molar-refractivity contribution is 0.0663. The fraction of sp³-hybridized carbons (Fsp3) is 0.238. The molecule has 0 bridgehead atoms. The second-order valence-corrected chi connectivity index (χ2v) is 7.22. The molecule has 0 aliphatic carbocycles. The maximum absolute atomic E-state index is 13.2. The van der Waals surface area contributed by atoms with Crippen LogP contribution in [0.25, 0.3) is 11.0 Å². The highest BCUT2D eigenvalue weighted by Crippen LogP contribution is 2.38. The van der Waals surface area contributed by atoms with Crippen molar-refractivity contribution in [2.24, 2.45) is 0 Å². The number of fused-ring (bicyclic) bond motifs is 2. The molecule has 0 spiro atoms. The number of amides is 1. The molecule has 1 atom stereocenters. The van der Waals surface area contributed by atoms with E-state index in [-0.39, 0.29) is 17.1 Å². The van der Waals surface area contributed by atoms with Gasteiger partial charge in [0.2, 0.25) is 5.76 Å². The van der Waals surface area contributed by atoms with Crippen molar-refractivity contribution < 1.29 is 13.9 Å². The summed E-state index contributed by atoms with van der Waals surface area (Å²) in [6, 6.07) is 14.5. The minimum Gasteiger partial charge on any atom is -0.450 e. The van der Waals surface area contributed by atoms with Gasteiger partial charge >= 0.3 is 0 Å². The normalized spacial score (nSPS) is 16.1. The maximum Gasteiger partial charge on any atom is 0.290 e. The molecule has 0 unspecified atom stereocenters. The van der Waals surface area contributed by atoms with Crippen LogP contribution in [-0.2, 0) is 4.74 Å². The molecule has 4 rings (SSSR count). The highest BCUT2D eigenvalue weighted by atomic mass is 32.2. The molecule has 1 amide bonds. The third-order valence-electron chi connectivity index (χ3n) is 4.84. The number of nitrogens with zero attached hydrogens (tertiary/aromatic N) is 1. The predicted molar refractivity (Wildman–Crippen MR) is 105 cm³/mol. The van der Waals surface area contributed by atoms with Crippen molar-refractivity contribution in [3.05, 3.63) is 75.6 Å². The van der Waals surface area contributed by atoms with Crippen molar-refractivity contribution in [2.45, 2.75) is 10.9 Å². The van der Waals surface area contributed by atoms with Gasteiger partial charge in [0.25, 0.3) is 5.91 Å². The monoisotopic (exact) mass is 381 g/mol. The average Bonchev–Trinajstić information content (AvgIpc) is 2.99. The first-order chi connectivity index (χ1) is 13.2. The van der Waals surface area contributed by atoms with Crippen LogP contribution in [-0.4, -0.2) is 37.3 Å². The Labute approximate surface area is 160 Å². The number of rotatable bonds is 5. The van der Waals surface area contributed by atoms with Gasteiger partial charge in [-0.15, -0.1) is 11.8 Å². The van der Waals surface area contributed by atoms with Crippen LogP contribution < -0.4 is 5.43 Å². The van der Waals surface area contributed by atoms with Crippen molar-refractivity contribution in [1.29, 1.82) is 0 Å². The number of benzene rings is 2. The molecule has 0 saturated heterocycles. The number of ether oxygens (including phenoxy) is 1. The van der Waals surface area contributed by atoms with E-state index in [2.05, 4.69) is 0 Å². The molecule has 1 aliphatic rings. The van der Waals surface area contributed by atoms with E-state index in [1.807, 2.05) is 30.5 Å². The van der Waals surface area contributed by atoms with E-state index in [9.17, 15) is 9.59 Å². The number of hydrogen-bond acceptors (Lipinski definition) is 5. The number of carbonyl (C=O) groups excluding carboxylic acids is 1. The Hall–Kier alpha value is -2.57. The van der Waals surface area contributed by atoms with Gasteiger partial charge in [-0.25, -0.2) is 0 Å². The lowest BCUT2D eigenvalue weighted by Gasteiger charge is -2.24. The van der Waals surface area contributed by atoms with E-state index >= 15 is 0 Å². The van der Waals surface area contributed by atoms with Crippen LogP contribution in [0.5, 0.6) is 0 Å². The van der Waals surface area contributed by atoms with E-state index in [1.54, 1.807) is 48.0 Å². The van der Waals surface area contributed by atoms with Gasteiger partial charge in [-0.1, -0.05) is 24.3 Å². The van der Waals surface area contributed by atoms with E-state index in [0.717, 1.165) is 10.5 Å². The van der Waals surface area contributed by atoms with Gasteiger partial charge in [0.1, 0.15) is 5.58 Å². The quantitative estimate of drug-likeness (QED) is 0.631. The van der Waals surface area contributed by atoms with E-state index in [0.29, 0.717) is 29.7 Å². The van der Waals surface area contributed by atoms with Gasteiger partial charge in [-0.2, -0.15) is 0 Å². The molecule has 2 aromatic carbocycles. The Morgan fingerprint density at radius 3 is 2.56 bits per heavy atom. The van der Waals surface area contributed by atoms with Gasteiger partial charge < -0.3 is 14.1 Å². The van der Waals surface area contributed by atoms with Crippen LogP contribution in [0.3, 0.4) is 0 Å². The summed E-state index contributed by atoms with van der Waals surface area (Å²) in [4.78, 5) is 29.0. The van der Waals surface area contributed by atoms with E-state index in [1.165, 1.54) is 0 Å². The standard InChI is InChI=1S/C21H19NO4S/c1-25-12-11-22-18(13-7-9-14(27-2)10-8-13)17-19(23)15-5-3-4-6-16(15)26-20(17)21(22)24/h3-10,18H,11-12H2,1-2H3/t18-/m0/s1. The fourth-order valence-corrected chi connectivity index (χ4v) is 3.93. The molecule has 0 N–H and O–H groups in total. The van der Waals surface area contributed by atoms with Crippen LogP contribution in [0.2, 0.25) is 0 Å². The van der Waals surface area contributed by atoms with Crippen LogP contribution in [0.4, 0.5) is 0 Å². The van der Waals surface area contributed by atoms with Crippen molar-refractivity contribution in [3.8, 4) is 0 Å². The zero-order valence-electron chi connectivity index (χ0n) is 15.1. The van der Waals surface area contributed by atoms with Gasteiger partial charge in [0, 0.05) is 18.6 Å². The topological polar surface area (TPSA) is 59.8 Å². The van der Waals surface area contributed by atoms with Crippen molar-refractivity contribution in [2.75, 3.05) is 26.5 Å². The van der Waals surface area contributed by atoms with Crippen molar-refractivity contribution >= 4 is 28.6 Å². The molecule has 2 heterocycles. The van der Waals surface area contributed by atoms with Crippen molar-refractivity contribution in [1.82, 2.24) is 4.90 Å². The Morgan fingerprint density at radius 2 is 1.85 bits per heavy atom. The average molecular weight is 381 g/mol. The first kappa shape index (κ1) is 17.8. The minimum absolute atomic E-state index is 0.133. The molecule has 27 heavy (non-hydrogen) atoms. The summed E-state index contributed by atoms with van der Waals surface area (Å²) in [6.07, 6.45) is 2.01. The third kappa shape index (κ3) is 2.95. The van der Waals surface area contributed by atoms with Gasteiger partial charge in [0.15, 0.2) is 5.43 Å². The minimum atomic E-state index is -0.473. The molecular formula is C21H19NO4S. The summed E-state index contributed by atoms with van der Waals surface area (Å²) >= 11 is 1.65. The maximum atomic E-state index is 13.2. The summed E-state index contributed by atoms with van der Waals surface area (Å²) in [5, 5.41) is 0.489. The zero-order valence-corrected chi connectivity index (χ0v) is 15.9. The molecule has 3 aromatic rings. The Kier molecular flexibility index (Phi) is 4.76. The fourth-order valence-electron chi connectivity index (χ4n) is 3.52. The lowest BCUT2D eigenvalue weighted by Crippen LogP contribution is -2.32. The number of para-hydroxylation sites is 1. The summed E-state index contributed by atoms with van der Waals surface area (Å²) in [5.41, 5.74) is 1.57. The Morgan fingerprint density at radius 1 is 1.11 bits per heavy atom. The summed E-state index contributed by atoms with van der Waals surface area (Å²) < 4.78 is 11.0. The highest BCUT2D eigenvalue weighted by molar-refractivity contribution is 7.98. The van der Waals surface area contributed by atoms with Gasteiger partial charge in [-0.05, 0) is 36.1 Å². The first-order valence-electron chi connectivity index (χ1n) is 8.65. The number of thioether (sulfide) groups is 1. The van der Waals surface area contributed by atoms with E-state index < -0.39 is 6.04 Å². The van der Waals surface area contributed by atoms with Gasteiger partial charge in [0.05, 0.1) is 23.6 Å². The molecule has 138 valence electrons. The number of carbonyl (C=O) groups is 1. The molecule has 1 aromatic heterocycles. The van der Waals surface area contributed by atoms with Crippen molar-refractivity contribution in [3.63, 3.8) is 0 Å². The number of hydrogen-bond donors (Lipinski definition) is 0. The second-order valence-electron chi connectivity index (χ2n) is 6.34. The summed E-state index contributed by atoms with van der Waals surface area (Å²) in [6.45, 7) is 0.761. The lowest BCUT2D eigenvalue weighted by atomic mass is 9.98. The molecule has 0 saturated carbocycles. The van der Waals surface area contributed by atoms with Crippen LogP contribution in [0.1, 0.15) is 27.7 Å². The molecular weight excluding hydrogens is 362 g/mol. The second kappa shape index (κ2) is 7.21. The smallest absolute Gasteiger partial charge is 0.290 e. The molecule has 6 heteroatoms. The zero-order chi connectivity index (χ0) is 19.0. The molecule has 0 fully saturated rings. The highest BCUT2D eigenvalue weighted by Gasteiger charge is 2.42. The first-order valence-corrected chi connectivity index (χ1v) is 9.87. The molecule has 5 nitrogen and oxygen atoms in total. The predicted octanol–water partition coefficient (Wildman–Crippen LogP) is 3.71. The molecule has 0 radical (unpaired) electrons. The SMILES string of the molecule is COCCN1C(=O)c2oc3ccccc3c(=O)c2[C@@H]1c1ccc(SC)cc1. The number of methoxy groups -OCH3 is 1. The van der Waals surface area contributed by atoms with Crippen LogP contribution >= 0.6 is 11.8 Å². The largest absolute Gasteiger partial charge is 0.450 e. The van der Waals surface area contributed by atoms with Crippen LogP contribution in [0, 0.1) is 0 Å².